The summed E-state index contributed by atoms with van der Waals surface area (Å²) in [6, 6.07) is 12.7. The standard InChI is InChI=1S/C25H24ClF3N6O/c1-24(2,16-4-3-5-17(12-16)25(27,28)29)23-30-20(31-32-23)13-34-21(14-36)35(19-10-11-19)22(33-34)15-6-8-18(26)9-7-15/h3-9,12,14,19,21H,10-11,13H2,1-2H3,(H,30,31,32). The number of amidine groups is 1. The van der Waals surface area contributed by atoms with E-state index in [1.165, 1.54) is 6.07 Å². The number of hydrogen-bond acceptors (Lipinski definition) is 6. The van der Waals surface area contributed by atoms with Crippen molar-refractivity contribution in [2.75, 3.05) is 0 Å². The largest absolute Gasteiger partial charge is 0.416 e. The van der Waals surface area contributed by atoms with Gasteiger partial charge in [0, 0.05) is 16.6 Å². The van der Waals surface area contributed by atoms with E-state index >= 15 is 0 Å². The summed E-state index contributed by atoms with van der Waals surface area (Å²) in [7, 11) is 0. The summed E-state index contributed by atoms with van der Waals surface area (Å²) in [5.74, 6) is 1.49. The van der Waals surface area contributed by atoms with Crippen molar-refractivity contribution in [3.63, 3.8) is 0 Å². The van der Waals surface area contributed by atoms with Gasteiger partial charge in [-0.25, -0.2) is 4.98 Å². The van der Waals surface area contributed by atoms with Gasteiger partial charge in [-0.1, -0.05) is 29.8 Å². The molecule has 2 aliphatic rings. The molecular formula is C25H24ClF3N6O. The minimum absolute atomic E-state index is 0.176. The maximum absolute atomic E-state index is 13.2. The first-order valence-electron chi connectivity index (χ1n) is 11.5. The summed E-state index contributed by atoms with van der Waals surface area (Å²) < 4.78 is 39.7. The monoisotopic (exact) mass is 516 g/mol. The molecule has 2 heterocycles. The lowest BCUT2D eigenvalue weighted by atomic mass is 9.83. The molecule has 5 rings (SSSR count). The Morgan fingerprint density at radius 2 is 1.81 bits per heavy atom. The van der Waals surface area contributed by atoms with E-state index in [1.54, 1.807) is 37.1 Å². The predicted octanol–water partition coefficient (Wildman–Crippen LogP) is 4.97. The number of hydrazone groups is 1. The number of benzene rings is 2. The van der Waals surface area contributed by atoms with E-state index in [1.807, 2.05) is 17.0 Å². The second kappa shape index (κ2) is 8.92. The van der Waals surface area contributed by atoms with Crippen LogP contribution in [-0.2, 0) is 22.9 Å². The van der Waals surface area contributed by atoms with Crippen LogP contribution in [-0.4, -0.2) is 49.4 Å². The first-order chi connectivity index (χ1) is 17.1. The number of aromatic amines is 1. The molecule has 0 bridgehead atoms. The van der Waals surface area contributed by atoms with Crippen LogP contribution in [0.1, 0.15) is 55.0 Å². The number of aromatic nitrogens is 3. The van der Waals surface area contributed by atoms with Crippen LogP contribution in [0.5, 0.6) is 0 Å². The second-order valence-corrected chi connectivity index (χ2v) is 9.96. The molecule has 1 atom stereocenters. The van der Waals surface area contributed by atoms with Crippen molar-refractivity contribution >= 4 is 23.7 Å². The molecule has 1 aliphatic heterocycles. The van der Waals surface area contributed by atoms with E-state index in [-0.39, 0.29) is 12.6 Å². The van der Waals surface area contributed by atoms with Crippen LogP contribution in [0.2, 0.25) is 5.02 Å². The second-order valence-electron chi connectivity index (χ2n) is 9.53. The van der Waals surface area contributed by atoms with Crippen molar-refractivity contribution < 1.29 is 18.0 Å². The Balaban J connectivity index is 1.41. The Hall–Kier alpha value is -3.40. The third-order valence-corrected chi connectivity index (χ3v) is 6.79. The third kappa shape index (κ3) is 4.57. The first-order valence-corrected chi connectivity index (χ1v) is 11.9. The number of H-pyrrole nitrogens is 1. The molecule has 0 spiro atoms. The van der Waals surface area contributed by atoms with Gasteiger partial charge >= 0.3 is 6.18 Å². The molecule has 0 saturated heterocycles. The fourth-order valence-corrected chi connectivity index (χ4v) is 4.45. The van der Waals surface area contributed by atoms with E-state index in [0.717, 1.165) is 36.8 Å². The number of rotatable bonds is 7. The van der Waals surface area contributed by atoms with Crippen LogP contribution in [0, 0.1) is 0 Å². The van der Waals surface area contributed by atoms with Crippen molar-refractivity contribution in [3.8, 4) is 0 Å². The Bertz CT molecular complexity index is 1300. The highest BCUT2D eigenvalue weighted by atomic mass is 35.5. The summed E-state index contributed by atoms with van der Waals surface area (Å²) in [6.45, 7) is 3.71. The zero-order chi connectivity index (χ0) is 25.7. The number of carbonyl (C=O) groups is 1. The number of carbonyl (C=O) groups excluding carboxylic acids is 1. The molecule has 0 radical (unpaired) electrons. The van der Waals surface area contributed by atoms with Gasteiger partial charge in [-0.15, -0.1) is 0 Å². The van der Waals surface area contributed by atoms with Gasteiger partial charge in [0.1, 0.15) is 5.82 Å². The molecule has 11 heteroatoms. The number of hydrogen-bond donors (Lipinski definition) is 1. The highest BCUT2D eigenvalue weighted by molar-refractivity contribution is 6.30. The zero-order valence-electron chi connectivity index (χ0n) is 19.6. The maximum Gasteiger partial charge on any atom is 0.416 e. The molecule has 1 unspecified atom stereocenters. The van der Waals surface area contributed by atoms with E-state index < -0.39 is 23.3 Å². The van der Waals surface area contributed by atoms with Crippen LogP contribution < -0.4 is 0 Å². The molecule has 0 amide bonds. The van der Waals surface area contributed by atoms with Gasteiger partial charge in [-0.3, -0.25) is 14.9 Å². The van der Waals surface area contributed by atoms with Gasteiger partial charge in [0.25, 0.3) is 0 Å². The molecule has 188 valence electrons. The summed E-state index contributed by atoms with van der Waals surface area (Å²) in [6.07, 6.45) is -2.24. The number of halogens is 4. The van der Waals surface area contributed by atoms with Gasteiger partial charge in [0.2, 0.25) is 0 Å². The SMILES string of the molecule is CC(C)(c1cccc(C(F)(F)F)c1)c1n[nH]c(CN2N=C(c3ccc(Cl)cc3)N(C3CC3)C2C=O)n1. The molecule has 1 aliphatic carbocycles. The van der Waals surface area contributed by atoms with Gasteiger partial charge in [0.15, 0.2) is 24.1 Å². The Morgan fingerprint density at radius 3 is 2.44 bits per heavy atom. The lowest BCUT2D eigenvalue weighted by Gasteiger charge is -2.27. The quantitative estimate of drug-likeness (QED) is 0.449. The van der Waals surface area contributed by atoms with Crippen LogP contribution in [0.25, 0.3) is 0 Å². The molecule has 2 aromatic carbocycles. The zero-order valence-corrected chi connectivity index (χ0v) is 20.4. The summed E-state index contributed by atoms with van der Waals surface area (Å²) >= 11 is 6.04. The van der Waals surface area contributed by atoms with Crippen LogP contribution in [0.15, 0.2) is 53.6 Å². The minimum Gasteiger partial charge on any atom is -0.324 e. The van der Waals surface area contributed by atoms with Gasteiger partial charge < -0.3 is 4.90 Å². The molecule has 1 fully saturated rings. The van der Waals surface area contributed by atoms with Crippen LogP contribution >= 0.6 is 11.6 Å². The van der Waals surface area contributed by atoms with Gasteiger partial charge in [0.05, 0.1) is 17.5 Å². The van der Waals surface area contributed by atoms with E-state index in [0.29, 0.717) is 28.1 Å². The van der Waals surface area contributed by atoms with E-state index in [2.05, 4.69) is 15.2 Å². The Labute approximate surface area is 211 Å². The van der Waals surface area contributed by atoms with Crippen molar-refractivity contribution in [2.24, 2.45) is 5.10 Å². The number of nitrogens with zero attached hydrogens (tertiary/aromatic N) is 5. The topological polar surface area (TPSA) is 77.5 Å². The molecule has 1 N–H and O–H groups in total. The normalized spacial score (nSPS) is 18.5. The Morgan fingerprint density at radius 1 is 1.11 bits per heavy atom. The Kier molecular flexibility index (Phi) is 6.02. The average molecular weight is 517 g/mol. The minimum atomic E-state index is -4.44. The fraction of sp³-hybridized carbons (Fsp3) is 0.360. The lowest BCUT2D eigenvalue weighted by Crippen LogP contribution is -2.44. The molecule has 7 nitrogen and oxygen atoms in total. The maximum atomic E-state index is 13.2. The smallest absolute Gasteiger partial charge is 0.324 e. The number of alkyl halides is 3. The molecule has 1 aromatic heterocycles. The van der Waals surface area contributed by atoms with Crippen molar-refractivity contribution in [2.45, 2.75) is 57.0 Å². The highest BCUT2D eigenvalue weighted by Gasteiger charge is 2.43. The van der Waals surface area contributed by atoms with Crippen molar-refractivity contribution in [3.05, 3.63) is 81.9 Å². The van der Waals surface area contributed by atoms with Crippen molar-refractivity contribution in [1.29, 1.82) is 0 Å². The molecule has 1 saturated carbocycles. The fourth-order valence-electron chi connectivity index (χ4n) is 4.33. The molecular weight excluding hydrogens is 493 g/mol. The van der Waals surface area contributed by atoms with Crippen LogP contribution in [0.3, 0.4) is 0 Å². The van der Waals surface area contributed by atoms with Gasteiger partial charge in [-0.05, 0) is 62.6 Å². The average Bonchev–Trinajstić information content (AvgIpc) is 3.45. The van der Waals surface area contributed by atoms with E-state index in [9.17, 15) is 18.0 Å². The predicted molar refractivity (Wildman–Crippen MR) is 128 cm³/mol. The number of aldehydes is 1. The third-order valence-electron chi connectivity index (χ3n) is 6.54. The van der Waals surface area contributed by atoms with Crippen molar-refractivity contribution in [1.82, 2.24) is 25.1 Å². The summed E-state index contributed by atoms with van der Waals surface area (Å²) in [4.78, 5) is 18.7. The first kappa shape index (κ1) is 24.3. The highest BCUT2D eigenvalue weighted by Crippen LogP contribution is 2.36. The molecule has 36 heavy (non-hydrogen) atoms. The summed E-state index contributed by atoms with van der Waals surface area (Å²) in [5.41, 5.74) is -0.315. The number of nitrogens with one attached hydrogen (secondary N) is 1. The summed E-state index contributed by atoms with van der Waals surface area (Å²) in [5, 5.41) is 14.2. The van der Waals surface area contributed by atoms with E-state index in [4.69, 9.17) is 16.7 Å². The van der Waals surface area contributed by atoms with Gasteiger partial charge in [-0.2, -0.15) is 23.4 Å². The lowest BCUT2D eigenvalue weighted by molar-refractivity contribution is -0.137. The molecule has 3 aromatic rings. The van der Waals surface area contributed by atoms with Crippen LogP contribution in [0.4, 0.5) is 13.2 Å².